The molecular weight excluding hydrogens is 522 g/mol. The Labute approximate surface area is 216 Å². The zero-order valence-corrected chi connectivity index (χ0v) is 21.0. The number of halogens is 4. The highest BCUT2D eigenvalue weighted by Gasteiger charge is 2.34. The van der Waals surface area contributed by atoms with E-state index in [1.807, 2.05) is 13.8 Å². The number of carbonyl (C=O) groups excluding carboxylic acids is 2. The average Bonchev–Trinajstić information content (AvgIpc) is 3.08. The van der Waals surface area contributed by atoms with E-state index in [-0.39, 0.29) is 32.1 Å². The molecule has 0 saturated carbocycles. The molecule has 1 aliphatic rings. The van der Waals surface area contributed by atoms with Gasteiger partial charge in [-0.25, -0.2) is 4.79 Å². The van der Waals surface area contributed by atoms with E-state index in [1.54, 1.807) is 30.3 Å². The number of rotatable bonds is 4. The Balaban J connectivity index is 1.50. The molecule has 3 amide bonds. The molecule has 0 saturated heterocycles. The second-order valence-electron chi connectivity index (χ2n) is 8.15. The van der Waals surface area contributed by atoms with Crippen molar-refractivity contribution in [2.75, 3.05) is 5.32 Å². The molecule has 1 aliphatic heterocycles. The Hall–Kier alpha value is -2.64. The van der Waals surface area contributed by atoms with Gasteiger partial charge in [0, 0.05) is 22.7 Å². The topological polar surface area (TPSA) is 76.7 Å². The van der Waals surface area contributed by atoms with Crippen LogP contribution in [0.2, 0.25) is 20.1 Å². The summed E-state index contributed by atoms with van der Waals surface area (Å²) in [4.78, 5) is 24.6. The van der Waals surface area contributed by atoms with E-state index in [1.165, 1.54) is 18.2 Å². The van der Waals surface area contributed by atoms with Gasteiger partial charge in [0.15, 0.2) is 17.2 Å². The van der Waals surface area contributed by atoms with Crippen LogP contribution in [0.3, 0.4) is 0 Å². The van der Waals surface area contributed by atoms with E-state index < -0.39 is 17.5 Å². The highest BCUT2D eigenvalue weighted by Crippen LogP contribution is 2.48. The van der Waals surface area contributed by atoms with Crippen molar-refractivity contribution in [3.05, 3.63) is 79.7 Å². The summed E-state index contributed by atoms with van der Waals surface area (Å²) in [6.07, 6.45) is 0.630. The molecule has 0 aliphatic carbocycles. The summed E-state index contributed by atoms with van der Waals surface area (Å²) in [6, 6.07) is 11.9. The minimum absolute atomic E-state index is 0.140. The van der Waals surface area contributed by atoms with Crippen LogP contribution < -0.4 is 20.1 Å². The maximum Gasteiger partial charge on any atom is 0.326 e. The van der Waals surface area contributed by atoms with Gasteiger partial charge < -0.3 is 14.8 Å². The first-order chi connectivity index (χ1) is 16.0. The van der Waals surface area contributed by atoms with Crippen molar-refractivity contribution in [1.82, 2.24) is 5.32 Å². The van der Waals surface area contributed by atoms with Crippen molar-refractivity contribution >= 4 is 64.0 Å². The first-order valence-corrected chi connectivity index (χ1v) is 11.6. The van der Waals surface area contributed by atoms with Gasteiger partial charge in [-0.05, 0) is 50.2 Å². The quantitative estimate of drug-likeness (QED) is 0.355. The molecule has 3 aromatic rings. The van der Waals surface area contributed by atoms with Gasteiger partial charge in [0.05, 0.1) is 20.6 Å². The summed E-state index contributed by atoms with van der Waals surface area (Å²) in [5.74, 6) is 0.473. The maximum absolute atomic E-state index is 12.3. The van der Waals surface area contributed by atoms with Crippen LogP contribution in [-0.2, 0) is 6.42 Å². The maximum atomic E-state index is 12.3. The van der Waals surface area contributed by atoms with Crippen LogP contribution >= 0.6 is 46.4 Å². The van der Waals surface area contributed by atoms with E-state index in [4.69, 9.17) is 55.9 Å². The van der Waals surface area contributed by atoms with Crippen molar-refractivity contribution in [1.29, 1.82) is 0 Å². The standard InChI is InChI=1S/C24H18Cl4N2O4/c1-24(2)11-14-16(26)7-8-19(20(14)34-24)33-21-17(27)9-12(10-18(21)28)29-23(32)30-22(31)13-5-3-4-6-15(13)25/h3-10H,11H2,1-2H3,(H2,29,30,31,32). The number of nitrogens with one attached hydrogen (secondary N) is 2. The number of hydrogen-bond donors (Lipinski definition) is 2. The Kier molecular flexibility index (Phi) is 6.87. The SMILES string of the molecule is CC1(C)Cc2c(Cl)ccc(Oc3c(Cl)cc(NC(=O)NC(=O)c4ccccc4Cl)cc3Cl)c2O1. The first kappa shape index (κ1) is 24.5. The van der Waals surface area contributed by atoms with Crippen molar-refractivity contribution in [2.45, 2.75) is 25.9 Å². The summed E-state index contributed by atoms with van der Waals surface area (Å²) in [6.45, 7) is 3.91. The lowest BCUT2D eigenvalue weighted by Crippen LogP contribution is -2.34. The lowest BCUT2D eigenvalue weighted by Gasteiger charge is -2.19. The predicted octanol–water partition coefficient (Wildman–Crippen LogP) is 7.77. The van der Waals surface area contributed by atoms with E-state index in [9.17, 15) is 9.59 Å². The molecular formula is C24H18Cl4N2O4. The van der Waals surface area contributed by atoms with Crippen LogP contribution in [0.5, 0.6) is 17.2 Å². The van der Waals surface area contributed by atoms with Crippen molar-refractivity contribution < 1.29 is 19.1 Å². The van der Waals surface area contributed by atoms with Crippen LogP contribution in [0.4, 0.5) is 10.5 Å². The van der Waals surface area contributed by atoms with Gasteiger partial charge in [-0.1, -0.05) is 58.5 Å². The molecule has 0 atom stereocenters. The summed E-state index contributed by atoms with van der Waals surface area (Å²) in [7, 11) is 0. The van der Waals surface area contributed by atoms with Gasteiger partial charge in [0.25, 0.3) is 5.91 Å². The number of benzene rings is 3. The Morgan fingerprint density at radius 1 is 0.941 bits per heavy atom. The summed E-state index contributed by atoms with van der Waals surface area (Å²) in [5.41, 5.74) is 0.835. The molecule has 0 radical (unpaired) electrons. The first-order valence-electron chi connectivity index (χ1n) is 10.1. The van der Waals surface area contributed by atoms with Crippen LogP contribution in [0.25, 0.3) is 0 Å². The van der Waals surface area contributed by atoms with E-state index in [0.717, 1.165) is 5.56 Å². The molecule has 0 fully saturated rings. The van der Waals surface area contributed by atoms with Gasteiger partial charge >= 0.3 is 6.03 Å². The molecule has 6 nitrogen and oxygen atoms in total. The van der Waals surface area contributed by atoms with Crippen LogP contribution in [-0.4, -0.2) is 17.5 Å². The predicted molar refractivity (Wildman–Crippen MR) is 134 cm³/mol. The molecule has 176 valence electrons. The fourth-order valence-electron chi connectivity index (χ4n) is 3.50. The summed E-state index contributed by atoms with van der Waals surface area (Å²) >= 11 is 25.1. The average molecular weight is 540 g/mol. The second kappa shape index (κ2) is 9.55. The zero-order chi connectivity index (χ0) is 24.6. The summed E-state index contributed by atoms with van der Waals surface area (Å²) < 4.78 is 12.0. The number of anilines is 1. The number of amides is 3. The zero-order valence-electron chi connectivity index (χ0n) is 18.0. The Morgan fingerprint density at radius 3 is 2.29 bits per heavy atom. The van der Waals surface area contributed by atoms with E-state index in [2.05, 4.69) is 10.6 Å². The van der Waals surface area contributed by atoms with Crippen LogP contribution in [0.15, 0.2) is 48.5 Å². The van der Waals surface area contributed by atoms with Crippen molar-refractivity contribution in [2.24, 2.45) is 0 Å². The van der Waals surface area contributed by atoms with Gasteiger partial charge in [-0.15, -0.1) is 0 Å². The largest absolute Gasteiger partial charge is 0.483 e. The highest BCUT2D eigenvalue weighted by atomic mass is 35.5. The molecule has 0 spiro atoms. The fourth-order valence-corrected chi connectivity index (χ4v) is 4.50. The lowest BCUT2D eigenvalue weighted by atomic mass is 10.0. The minimum Gasteiger partial charge on any atom is -0.483 e. The van der Waals surface area contributed by atoms with Gasteiger partial charge in [0.2, 0.25) is 0 Å². The number of imide groups is 1. The Bertz CT molecular complexity index is 1290. The fraction of sp³-hybridized carbons (Fsp3) is 0.167. The number of urea groups is 1. The number of ether oxygens (including phenoxy) is 2. The number of fused-ring (bicyclic) bond motifs is 1. The van der Waals surface area contributed by atoms with Crippen LogP contribution in [0, 0.1) is 0 Å². The van der Waals surface area contributed by atoms with E-state index in [0.29, 0.717) is 22.9 Å². The molecule has 1 heterocycles. The normalized spacial score (nSPS) is 13.6. The van der Waals surface area contributed by atoms with Gasteiger partial charge in [0.1, 0.15) is 5.60 Å². The molecule has 0 bridgehead atoms. The van der Waals surface area contributed by atoms with Crippen LogP contribution in [0.1, 0.15) is 29.8 Å². The third kappa shape index (κ3) is 5.20. The smallest absolute Gasteiger partial charge is 0.326 e. The minimum atomic E-state index is -0.781. The monoisotopic (exact) mass is 538 g/mol. The molecule has 10 heteroatoms. The number of hydrogen-bond acceptors (Lipinski definition) is 4. The molecule has 4 rings (SSSR count). The molecule has 34 heavy (non-hydrogen) atoms. The molecule has 3 aromatic carbocycles. The second-order valence-corrected chi connectivity index (χ2v) is 9.78. The lowest BCUT2D eigenvalue weighted by molar-refractivity contribution is 0.0967. The van der Waals surface area contributed by atoms with Crippen molar-refractivity contribution in [3.8, 4) is 17.2 Å². The Morgan fingerprint density at radius 2 is 1.62 bits per heavy atom. The molecule has 0 unspecified atom stereocenters. The molecule has 0 aromatic heterocycles. The number of carbonyl (C=O) groups is 2. The third-order valence-electron chi connectivity index (χ3n) is 4.96. The van der Waals surface area contributed by atoms with E-state index >= 15 is 0 Å². The summed E-state index contributed by atoms with van der Waals surface area (Å²) in [5, 5.41) is 5.80. The van der Waals surface area contributed by atoms with Gasteiger partial charge in [-0.2, -0.15) is 0 Å². The van der Waals surface area contributed by atoms with Crippen molar-refractivity contribution in [3.63, 3.8) is 0 Å². The highest BCUT2D eigenvalue weighted by molar-refractivity contribution is 6.38. The molecule has 2 N–H and O–H groups in total. The third-order valence-corrected chi connectivity index (χ3v) is 6.21. The van der Waals surface area contributed by atoms with Gasteiger partial charge in [-0.3, -0.25) is 10.1 Å².